The minimum atomic E-state index is -0.770. The number of carboxylic acid groups (broad SMARTS) is 1. The van der Waals surface area contributed by atoms with Crippen molar-refractivity contribution in [3.63, 3.8) is 0 Å². The van der Waals surface area contributed by atoms with Gasteiger partial charge in [0.1, 0.15) is 0 Å². The highest BCUT2D eigenvalue weighted by Gasteiger charge is 2.08. The molecule has 0 aliphatic carbocycles. The smallest absolute Gasteiger partial charge is 0.303 e. The molecule has 1 aromatic rings. The van der Waals surface area contributed by atoms with Crippen LogP contribution >= 0.6 is 0 Å². The molecule has 0 aromatic carbocycles. The lowest BCUT2D eigenvalue weighted by atomic mass is 10.1. The van der Waals surface area contributed by atoms with E-state index in [4.69, 9.17) is 5.11 Å². The van der Waals surface area contributed by atoms with Crippen LogP contribution in [0.15, 0.2) is 18.3 Å². The highest BCUT2D eigenvalue weighted by atomic mass is 16.4. The van der Waals surface area contributed by atoms with E-state index in [0.29, 0.717) is 12.8 Å². The van der Waals surface area contributed by atoms with Crippen molar-refractivity contribution in [1.82, 2.24) is 4.57 Å². The molecule has 0 spiro atoms. The predicted octanol–water partition coefficient (Wildman–Crippen LogP) is 2.24. The Morgan fingerprint density at radius 1 is 1.25 bits per heavy atom. The lowest BCUT2D eigenvalue weighted by molar-refractivity contribution is -0.137. The van der Waals surface area contributed by atoms with Crippen molar-refractivity contribution in [2.75, 3.05) is 0 Å². The molecule has 1 aromatic heterocycles. The van der Waals surface area contributed by atoms with Crippen LogP contribution in [0.2, 0.25) is 0 Å². The summed E-state index contributed by atoms with van der Waals surface area (Å²) in [6.07, 6.45) is 4.74. The van der Waals surface area contributed by atoms with Gasteiger partial charge in [0.15, 0.2) is 5.78 Å². The molecular weight excluding hydrogens is 206 g/mol. The van der Waals surface area contributed by atoms with E-state index < -0.39 is 5.97 Å². The summed E-state index contributed by atoms with van der Waals surface area (Å²) in [7, 11) is 1.84. The van der Waals surface area contributed by atoms with Crippen molar-refractivity contribution in [3.05, 3.63) is 24.0 Å². The SMILES string of the molecule is Cn1cccc1C(=O)CCCCCC(=O)O. The Morgan fingerprint density at radius 3 is 2.50 bits per heavy atom. The molecule has 88 valence electrons. The second kappa shape index (κ2) is 6.10. The second-order valence-electron chi connectivity index (χ2n) is 3.88. The third-order valence-electron chi connectivity index (χ3n) is 2.52. The Hall–Kier alpha value is -1.58. The van der Waals surface area contributed by atoms with Gasteiger partial charge in [-0.25, -0.2) is 0 Å². The second-order valence-corrected chi connectivity index (χ2v) is 3.88. The minimum absolute atomic E-state index is 0.128. The summed E-state index contributed by atoms with van der Waals surface area (Å²) in [6, 6.07) is 3.65. The molecule has 16 heavy (non-hydrogen) atoms. The normalized spacial score (nSPS) is 10.3. The summed E-state index contributed by atoms with van der Waals surface area (Å²) in [5.41, 5.74) is 0.721. The summed E-state index contributed by atoms with van der Waals surface area (Å²) in [5.74, 6) is -0.642. The zero-order chi connectivity index (χ0) is 12.0. The Balaban J connectivity index is 2.21. The molecule has 0 radical (unpaired) electrons. The van der Waals surface area contributed by atoms with Crippen LogP contribution in [-0.2, 0) is 11.8 Å². The topological polar surface area (TPSA) is 59.3 Å². The number of aliphatic carboxylic acids is 1. The van der Waals surface area contributed by atoms with Gasteiger partial charge in [0.2, 0.25) is 0 Å². The largest absolute Gasteiger partial charge is 0.481 e. The maximum Gasteiger partial charge on any atom is 0.303 e. The van der Waals surface area contributed by atoms with Gasteiger partial charge < -0.3 is 9.67 Å². The van der Waals surface area contributed by atoms with Crippen LogP contribution in [0, 0.1) is 0 Å². The Morgan fingerprint density at radius 2 is 1.94 bits per heavy atom. The molecule has 1 heterocycles. The fourth-order valence-electron chi connectivity index (χ4n) is 1.62. The van der Waals surface area contributed by atoms with E-state index in [0.717, 1.165) is 18.5 Å². The number of rotatable bonds is 7. The number of hydrogen-bond acceptors (Lipinski definition) is 2. The fraction of sp³-hybridized carbons (Fsp3) is 0.500. The molecule has 1 rings (SSSR count). The van der Waals surface area contributed by atoms with E-state index in [-0.39, 0.29) is 12.2 Å². The number of Topliss-reactive ketones (excluding diaryl/α,β-unsaturated/α-hetero) is 1. The number of carboxylic acids is 1. The monoisotopic (exact) mass is 223 g/mol. The molecule has 0 saturated heterocycles. The first-order chi connectivity index (χ1) is 7.61. The third-order valence-corrected chi connectivity index (χ3v) is 2.52. The molecule has 0 bridgehead atoms. The van der Waals surface area contributed by atoms with Crippen molar-refractivity contribution in [3.8, 4) is 0 Å². The van der Waals surface area contributed by atoms with E-state index in [1.165, 1.54) is 0 Å². The summed E-state index contributed by atoms with van der Waals surface area (Å²) < 4.78 is 1.81. The molecular formula is C12H17NO3. The highest BCUT2D eigenvalue weighted by molar-refractivity contribution is 5.94. The first kappa shape index (κ1) is 12.5. The zero-order valence-corrected chi connectivity index (χ0v) is 9.48. The number of carbonyl (C=O) groups excluding carboxylic acids is 1. The number of unbranched alkanes of at least 4 members (excludes halogenated alkanes) is 2. The average Bonchev–Trinajstić information content (AvgIpc) is 2.63. The molecule has 0 fully saturated rings. The van der Waals surface area contributed by atoms with Crippen molar-refractivity contribution in [1.29, 1.82) is 0 Å². The van der Waals surface area contributed by atoms with Crippen LogP contribution in [0.4, 0.5) is 0 Å². The standard InChI is InChI=1S/C12H17NO3/c1-13-9-5-6-10(13)11(14)7-3-2-4-8-12(15)16/h5-6,9H,2-4,7-8H2,1H3,(H,15,16). The molecule has 4 nitrogen and oxygen atoms in total. The number of aromatic nitrogens is 1. The van der Waals surface area contributed by atoms with Crippen LogP contribution in [0.1, 0.15) is 42.6 Å². The number of ketones is 1. The van der Waals surface area contributed by atoms with Gasteiger partial charge in [-0.2, -0.15) is 0 Å². The van der Waals surface area contributed by atoms with Gasteiger partial charge in [-0.15, -0.1) is 0 Å². The average molecular weight is 223 g/mol. The zero-order valence-electron chi connectivity index (χ0n) is 9.48. The lowest BCUT2D eigenvalue weighted by Crippen LogP contribution is -2.05. The van der Waals surface area contributed by atoms with Crippen molar-refractivity contribution >= 4 is 11.8 Å². The summed E-state index contributed by atoms with van der Waals surface area (Å²) >= 11 is 0. The number of nitrogens with zero attached hydrogens (tertiary/aromatic N) is 1. The van der Waals surface area contributed by atoms with Crippen LogP contribution < -0.4 is 0 Å². The fourth-order valence-corrected chi connectivity index (χ4v) is 1.62. The summed E-state index contributed by atoms with van der Waals surface area (Å²) in [4.78, 5) is 21.9. The highest BCUT2D eigenvalue weighted by Crippen LogP contribution is 2.09. The molecule has 1 N–H and O–H groups in total. The number of aryl methyl sites for hydroxylation is 1. The van der Waals surface area contributed by atoms with E-state index >= 15 is 0 Å². The molecule has 0 aliphatic heterocycles. The summed E-state index contributed by atoms with van der Waals surface area (Å²) in [6.45, 7) is 0. The molecule has 0 saturated carbocycles. The van der Waals surface area contributed by atoms with Crippen LogP contribution in [0.5, 0.6) is 0 Å². The van der Waals surface area contributed by atoms with Crippen molar-refractivity contribution in [2.45, 2.75) is 32.1 Å². The van der Waals surface area contributed by atoms with Gasteiger partial charge in [0, 0.05) is 26.1 Å². The van der Waals surface area contributed by atoms with Gasteiger partial charge >= 0.3 is 5.97 Å². The first-order valence-corrected chi connectivity index (χ1v) is 5.47. The number of hydrogen-bond donors (Lipinski definition) is 1. The van der Waals surface area contributed by atoms with E-state index in [2.05, 4.69) is 0 Å². The van der Waals surface area contributed by atoms with Crippen LogP contribution in [-0.4, -0.2) is 21.4 Å². The predicted molar refractivity (Wildman–Crippen MR) is 60.5 cm³/mol. The summed E-state index contributed by atoms with van der Waals surface area (Å²) in [5, 5.41) is 8.44. The third kappa shape index (κ3) is 3.88. The Bertz CT molecular complexity index is 368. The van der Waals surface area contributed by atoms with Gasteiger partial charge in [-0.3, -0.25) is 9.59 Å². The molecule has 0 unspecified atom stereocenters. The van der Waals surface area contributed by atoms with Gasteiger partial charge in [0.25, 0.3) is 0 Å². The Kier molecular flexibility index (Phi) is 4.76. The number of carbonyl (C=O) groups is 2. The van der Waals surface area contributed by atoms with Crippen LogP contribution in [0.25, 0.3) is 0 Å². The van der Waals surface area contributed by atoms with Crippen LogP contribution in [0.3, 0.4) is 0 Å². The van der Waals surface area contributed by atoms with Crippen molar-refractivity contribution in [2.24, 2.45) is 7.05 Å². The molecule has 0 amide bonds. The van der Waals surface area contributed by atoms with Gasteiger partial charge in [-0.05, 0) is 25.0 Å². The van der Waals surface area contributed by atoms with E-state index in [1.807, 2.05) is 19.3 Å². The quantitative estimate of drug-likeness (QED) is 0.569. The van der Waals surface area contributed by atoms with Gasteiger partial charge in [-0.1, -0.05) is 6.42 Å². The molecule has 0 aliphatic rings. The maximum atomic E-state index is 11.7. The molecule has 0 atom stereocenters. The minimum Gasteiger partial charge on any atom is -0.481 e. The maximum absolute atomic E-state index is 11.7. The van der Waals surface area contributed by atoms with Gasteiger partial charge in [0.05, 0.1) is 5.69 Å². The molecule has 4 heteroatoms. The van der Waals surface area contributed by atoms with E-state index in [9.17, 15) is 9.59 Å². The first-order valence-electron chi connectivity index (χ1n) is 5.47. The Labute approximate surface area is 94.9 Å². The lowest BCUT2D eigenvalue weighted by Gasteiger charge is -2.02. The van der Waals surface area contributed by atoms with Crippen molar-refractivity contribution < 1.29 is 14.7 Å². The van der Waals surface area contributed by atoms with E-state index in [1.54, 1.807) is 10.6 Å².